The summed E-state index contributed by atoms with van der Waals surface area (Å²) < 4.78 is 7.11. The molecule has 2 N–H and O–H groups in total. The van der Waals surface area contributed by atoms with Gasteiger partial charge in [0, 0.05) is 12.6 Å². The van der Waals surface area contributed by atoms with Crippen LogP contribution in [-0.4, -0.2) is 9.78 Å². The second-order valence-electron chi connectivity index (χ2n) is 4.94. The Labute approximate surface area is 117 Å². The van der Waals surface area contributed by atoms with E-state index in [1.165, 1.54) is 5.56 Å². The van der Waals surface area contributed by atoms with Crippen LogP contribution in [-0.2, 0) is 7.05 Å². The van der Waals surface area contributed by atoms with E-state index in [1.807, 2.05) is 32.2 Å². The molecule has 0 aliphatic heterocycles. The lowest BCUT2D eigenvalue weighted by Gasteiger charge is -2.07. The van der Waals surface area contributed by atoms with Crippen molar-refractivity contribution < 1.29 is 4.42 Å². The van der Waals surface area contributed by atoms with Gasteiger partial charge in [-0.05, 0) is 31.0 Å². The summed E-state index contributed by atoms with van der Waals surface area (Å²) in [5, 5.41) is 4.56. The number of hydrogen-bond donors (Lipinski definition) is 1. The summed E-state index contributed by atoms with van der Waals surface area (Å²) in [4.78, 5) is 0. The monoisotopic (exact) mass is 267 g/mol. The van der Waals surface area contributed by atoms with E-state index in [0.29, 0.717) is 5.82 Å². The zero-order chi connectivity index (χ0) is 14.3. The molecular weight excluding hydrogens is 250 g/mol. The molecule has 0 saturated heterocycles. The maximum absolute atomic E-state index is 6.23. The SMILES string of the molecule is Cc1ccccc1-c1c(-c2ccoc2C)nn(C)c1N. The first-order chi connectivity index (χ1) is 9.59. The minimum absolute atomic E-state index is 0.662. The molecule has 0 aliphatic carbocycles. The number of nitrogen functional groups attached to an aromatic ring is 1. The highest BCUT2D eigenvalue weighted by molar-refractivity contribution is 5.89. The average Bonchev–Trinajstić information content (AvgIpc) is 2.96. The number of aryl methyl sites for hydroxylation is 3. The molecule has 0 aliphatic rings. The van der Waals surface area contributed by atoms with Crippen molar-refractivity contribution in [1.29, 1.82) is 0 Å². The molecule has 0 saturated carbocycles. The summed E-state index contributed by atoms with van der Waals surface area (Å²) in [6.07, 6.45) is 1.68. The molecule has 102 valence electrons. The van der Waals surface area contributed by atoms with Gasteiger partial charge in [-0.15, -0.1) is 0 Å². The quantitative estimate of drug-likeness (QED) is 0.772. The number of benzene rings is 1. The summed E-state index contributed by atoms with van der Waals surface area (Å²) in [5.74, 6) is 1.51. The Balaban J connectivity index is 2.31. The van der Waals surface area contributed by atoms with Crippen LogP contribution in [0, 0.1) is 13.8 Å². The van der Waals surface area contributed by atoms with Crippen LogP contribution >= 0.6 is 0 Å². The fraction of sp³-hybridized carbons (Fsp3) is 0.188. The van der Waals surface area contributed by atoms with Gasteiger partial charge in [0.05, 0.1) is 11.8 Å². The fourth-order valence-electron chi connectivity index (χ4n) is 2.48. The van der Waals surface area contributed by atoms with Crippen molar-refractivity contribution in [2.75, 3.05) is 5.73 Å². The average molecular weight is 267 g/mol. The van der Waals surface area contributed by atoms with Crippen molar-refractivity contribution in [3.8, 4) is 22.4 Å². The lowest BCUT2D eigenvalue weighted by Crippen LogP contribution is -1.98. The van der Waals surface area contributed by atoms with Gasteiger partial charge in [0.2, 0.25) is 0 Å². The second kappa shape index (κ2) is 4.56. The maximum atomic E-state index is 6.23. The zero-order valence-electron chi connectivity index (χ0n) is 11.8. The third-order valence-corrected chi connectivity index (χ3v) is 3.62. The molecule has 2 aromatic heterocycles. The van der Waals surface area contributed by atoms with Crippen molar-refractivity contribution in [2.45, 2.75) is 13.8 Å². The molecule has 4 heteroatoms. The lowest BCUT2D eigenvalue weighted by atomic mass is 9.97. The van der Waals surface area contributed by atoms with Crippen molar-refractivity contribution >= 4 is 5.82 Å². The van der Waals surface area contributed by atoms with Gasteiger partial charge in [-0.1, -0.05) is 24.3 Å². The second-order valence-corrected chi connectivity index (χ2v) is 4.94. The van der Waals surface area contributed by atoms with E-state index in [2.05, 4.69) is 24.2 Å². The number of nitrogens with two attached hydrogens (primary N) is 1. The molecule has 0 amide bonds. The highest BCUT2D eigenvalue weighted by atomic mass is 16.3. The first-order valence-electron chi connectivity index (χ1n) is 6.52. The minimum atomic E-state index is 0.662. The Kier molecular flexibility index (Phi) is 2.86. The topological polar surface area (TPSA) is 57.0 Å². The van der Waals surface area contributed by atoms with E-state index >= 15 is 0 Å². The molecule has 0 spiro atoms. The van der Waals surface area contributed by atoms with E-state index in [4.69, 9.17) is 10.2 Å². The molecule has 2 heterocycles. The number of nitrogens with zero attached hydrogens (tertiary/aromatic N) is 2. The summed E-state index contributed by atoms with van der Waals surface area (Å²) in [5.41, 5.74) is 11.3. The van der Waals surface area contributed by atoms with Gasteiger partial charge in [-0.2, -0.15) is 5.10 Å². The van der Waals surface area contributed by atoms with Crippen LogP contribution in [0.15, 0.2) is 41.0 Å². The largest absolute Gasteiger partial charge is 0.469 e. The number of aromatic nitrogens is 2. The minimum Gasteiger partial charge on any atom is -0.469 e. The van der Waals surface area contributed by atoms with Crippen molar-refractivity contribution in [2.24, 2.45) is 7.05 Å². The molecule has 20 heavy (non-hydrogen) atoms. The number of hydrogen-bond acceptors (Lipinski definition) is 3. The fourth-order valence-corrected chi connectivity index (χ4v) is 2.48. The molecular formula is C16H17N3O. The molecule has 0 bridgehead atoms. The van der Waals surface area contributed by atoms with E-state index in [-0.39, 0.29) is 0 Å². The van der Waals surface area contributed by atoms with Crippen LogP contribution in [0.4, 0.5) is 5.82 Å². The Bertz CT molecular complexity index is 768. The van der Waals surface area contributed by atoms with Gasteiger partial charge in [0.15, 0.2) is 0 Å². The third kappa shape index (κ3) is 1.81. The van der Waals surface area contributed by atoms with Crippen molar-refractivity contribution in [1.82, 2.24) is 9.78 Å². The molecule has 4 nitrogen and oxygen atoms in total. The number of rotatable bonds is 2. The first kappa shape index (κ1) is 12.5. The molecule has 3 aromatic rings. The number of anilines is 1. The van der Waals surface area contributed by atoms with E-state index in [0.717, 1.165) is 28.1 Å². The van der Waals surface area contributed by atoms with E-state index in [9.17, 15) is 0 Å². The molecule has 0 radical (unpaired) electrons. The van der Waals surface area contributed by atoms with Gasteiger partial charge >= 0.3 is 0 Å². The highest BCUT2D eigenvalue weighted by Crippen LogP contribution is 2.38. The van der Waals surface area contributed by atoms with Crippen LogP contribution in [0.25, 0.3) is 22.4 Å². The van der Waals surface area contributed by atoms with Crippen molar-refractivity contribution in [3.63, 3.8) is 0 Å². The summed E-state index contributed by atoms with van der Waals surface area (Å²) in [7, 11) is 1.86. The van der Waals surface area contributed by atoms with Crippen LogP contribution < -0.4 is 5.73 Å². The van der Waals surface area contributed by atoms with Crippen LogP contribution in [0.3, 0.4) is 0 Å². The smallest absolute Gasteiger partial charge is 0.129 e. The van der Waals surface area contributed by atoms with Crippen LogP contribution in [0.2, 0.25) is 0 Å². The van der Waals surface area contributed by atoms with Gasteiger partial charge in [0.25, 0.3) is 0 Å². The first-order valence-corrected chi connectivity index (χ1v) is 6.52. The number of furan rings is 1. The van der Waals surface area contributed by atoms with E-state index < -0.39 is 0 Å². The Hall–Kier alpha value is -2.49. The van der Waals surface area contributed by atoms with E-state index in [1.54, 1.807) is 10.9 Å². The predicted molar refractivity (Wildman–Crippen MR) is 80.2 cm³/mol. The lowest BCUT2D eigenvalue weighted by molar-refractivity contribution is 0.535. The molecule has 0 unspecified atom stereocenters. The Morgan fingerprint density at radius 2 is 1.85 bits per heavy atom. The third-order valence-electron chi connectivity index (χ3n) is 3.62. The van der Waals surface area contributed by atoms with Gasteiger partial charge in [0.1, 0.15) is 17.3 Å². The molecule has 0 atom stereocenters. The summed E-state index contributed by atoms with van der Waals surface area (Å²) in [6, 6.07) is 10.1. The normalized spacial score (nSPS) is 10.9. The zero-order valence-corrected chi connectivity index (χ0v) is 11.8. The summed E-state index contributed by atoms with van der Waals surface area (Å²) >= 11 is 0. The van der Waals surface area contributed by atoms with Crippen molar-refractivity contribution in [3.05, 3.63) is 47.9 Å². The van der Waals surface area contributed by atoms with Gasteiger partial charge < -0.3 is 10.2 Å². The van der Waals surface area contributed by atoms with Crippen LogP contribution in [0.5, 0.6) is 0 Å². The highest BCUT2D eigenvalue weighted by Gasteiger charge is 2.20. The summed E-state index contributed by atoms with van der Waals surface area (Å²) in [6.45, 7) is 4.01. The molecule has 0 fully saturated rings. The predicted octanol–water partition coefficient (Wildman–Crippen LogP) is 3.55. The molecule has 3 rings (SSSR count). The Morgan fingerprint density at radius 1 is 1.10 bits per heavy atom. The van der Waals surface area contributed by atoms with Gasteiger partial charge in [-0.25, -0.2) is 0 Å². The molecule has 1 aromatic carbocycles. The van der Waals surface area contributed by atoms with Crippen LogP contribution in [0.1, 0.15) is 11.3 Å². The van der Waals surface area contributed by atoms with Gasteiger partial charge in [-0.3, -0.25) is 4.68 Å². The standard InChI is InChI=1S/C16H17N3O/c1-10-6-4-5-7-12(10)14-15(18-19(3)16(14)17)13-8-9-20-11(13)2/h4-9H,17H2,1-3H3. The maximum Gasteiger partial charge on any atom is 0.129 e. The Morgan fingerprint density at radius 3 is 2.50 bits per heavy atom.